The van der Waals surface area contributed by atoms with E-state index in [1.54, 1.807) is 0 Å². The Morgan fingerprint density at radius 3 is 1.63 bits per heavy atom. The van der Waals surface area contributed by atoms with Gasteiger partial charge in [0, 0.05) is 0 Å². The van der Waals surface area contributed by atoms with Crippen LogP contribution < -0.4 is 56.3 Å². The maximum Gasteiger partial charge on any atom is 1.00 e. The predicted octanol–water partition coefficient (Wildman–Crippen LogP) is 0.779. The second-order valence-electron chi connectivity index (χ2n) is 4.84. The molecule has 0 aromatic rings. The first-order valence-electron chi connectivity index (χ1n) is 7.24. The Morgan fingerprint density at radius 1 is 0.895 bits per heavy atom. The molecule has 0 aliphatic rings. The molecular formula is C13H28KO4P. The molecule has 0 aromatic heterocycles. The smallest absolute Gasteiger partial charge is 0.756 e. The zero-order valence-corrected chi connectivity index (χ0v) is 16.6. The molecule has 1 atom stereocenters. The van der Waals surface area contributed by atoms with Gasteiger partial charge in [-0.2, -0.15) is 0 Å². The molecule has 6 heteroatoms. The summed E-state index contributed by atoms with van der Waals surface area (Å²) in [6, 6.07) is 0. The Morgan fingerprint density at radius 2 is 1.26 bits per heavy atom. The van der Waals surface area contributed by atoms with Gasteiger partial charge in [-0.1, -0.05) is 71.1 Å². The van der Waals surface area contributed by atoms with Crippen LogP contribution in [0.2, 0.25) is 0 Å². The number of rotatable bonds is 13. The molecule has 0 spiro atoms. The monoisotopic (exact) mass is 318 g/mol. The normalized spacial score (nSPS) is 13.8. The predicted molar refractivity (Wildman–Crippen MR) is 72.2 cm³/mol. The summed E-state index contributed by atoms with van der Waals surface area (Å²) in [5.74, 6) is 0. The van der Waals surface area contributed by atoms with Crippen LogP contribution in [0.4, 0.5) is 0 Å². The molecule has 0 bridgehead atoms. The van der Waals surface area contributed by atoms with Crippen LogP contribution in [0.5, 0.6) is 0 Å². The first kappa shape index (κ1) is 23.0. The van der Waals surface area contributed by atoms with Crippen molar-refractivity contribution in [3.63, 3.8) is 0 Å². The molecule has 0 heterocycles. The summed E-state index contributed by atoms with van der Waals surface area (Å²) in [4.78, 5) is 18.6. The van der Waals surface area contributed by atoms with Gasteiger partial charge in [-0.3, -0.25) is 4.57 Å². The quantitative estimate of drug-likeness (QED) is 0.309. The molecule has 0 rings (SSSR count). The average Bonchev–Trinajstić information content (AvgIpc) is 2.29. The maximum atomic E-state index is 10.3. The van der Waals surface area contributed by atoms with Gasteiger partial charge in [0.15, 0.2) is 0 Å². The minimum absolute atomic E-state index is 0. The van der Waals surface area contributed by atoms with Crippen molar-refractivity contribution in [2.45, 2.75) is 77.6 Å². The molecule has 0 radical (unpaired) electrons. The van der Waals surface area contributed by atoms with Crippen LogP contribution in [-0.2, 0) is 9.09 Å². The topological polar surface area (TPSA) is 69.6 Å². The van der Waals surface area contributed by atoms with Crippen molar-refractivity contribution >= 4 is 7.82 Å². The number of phosphoric ester groups is 1. The van der Waals surface area contributed by atoms with Crippen LogP contribution in [-0.4, -0.2) is 11.5 Å². The van der Waals surface area contributed by atoms with Crippen molar-refractivity contribution in [3.8, 4) is 0 Å². The fraction of sp³-hybridized carbons (Fsp3) is 1.00. The van der Waals surface area contributed by atoms with Gasteiger partial charge in [0.1, 0.15) is 0 Å². The molecule has 0 saturated carbocycles. The molecule has 0 aliphatic heterocycles. The van der Waals surface area contributed by atoms with E-state index in [4.69, 9.17) is 4.89 Å². The second-order valence-corrected chi connectivity index (χ2v) is 6.03. The number of hydrogen-bond acceptors (Lipinski definition) is 3. The SMILES string of the molecule is CCCCCCCCCCCCCOP(=O)([O-])O.[K+]. The van der Waals surface area contributed by atoms with Gasteiger partial charge in [0.25, 0.3) is 7.82 Å². The van der Waals surface area contributed by atoms with Gasteiger partial charge in [0.05, 0.1) is 6.61 Å². The zero-order valence-electron chi connectivity index (χ0n) is 12.6. The molecule has 110 valence electrons. The summed E-state index contributed by atoms with van der Waals surface area (Å²) in [5, 5.41) is 0. The molecule has 1 unspecified atom stereocenters. The Bertz CT molecular complexity index is 221. The third kappa shape index (κ3) is 22.2. The van der Waals surface area contributed by atoms with Crippen LogP contribution in [0.15, 0.2) is 0 Å². The van der Waals surface area contributed by atoms with Gasteiger partial charge in [-0.15, -0.1) is 0 Å². The number of hydrogen-bond donors (Lipinski definition) is 1. The van der Waals surface area contributed by atoms with E-state index < -0.39 is 7.82 Å². The fourth-order valence-electron chi connectivity index (χ4n) is 1.95. The van der Waals surface area contributed by atoms with Crippen LogP contribution in [0.25, 0.3) is 0 Å². The van der Waals surface area contributed by atoms with Crippen molar-refractivity contribution in [2.24, 2.45) is 0 Å². The molecule has 4 nitrogen and oxygen atoms in total. The fourth-order valence-corrected chi connectivity index (χ4v) is 2.31. The van der Waals surface area contributed by atoms with E-state index in [2.05, 4.69) is 11.4 Å². The summed E-state index contributed by atoms with van der Waals surface area (Å²) >= 11 is 0. The molecule has 0 amide bonds. The van der Waals surface area contributed by atoms with E-state index in [0.717, 1.165) is 12.8 Å². The average molecular weight is 318 g/mol. The molecule has 0 fully saturated rings. The molecule has 0 aromatic carbocycles. The molecule has 1 N–H and O–H groups in total. The first-order valence-corrected chi connectivity index (χ1v) is 8.74. The van der Waals surface area contributed by atoms with Gasteiger partial charge >= 0.3 is 51.4 Å². The number of phosphoric acid groups is 1. The number of unbranched alkanes of at least 4 members (excludes halogenated alkanes) is 10. The standard InChI is InChI=1S/C13H29O4P.K/c1-2-3-4-5-6-7-8-9-10-11-12-13-17-18(14,15)16;/h2-13H2,1H3,(H2,14,15,16);/q;+1/p-1. The van der Waals surface area contributed by atoms with E-state index in [0.29, 0.717) is 6.42 Å². The molecule has 0 aliphatic carbocycles. The van der Waals surface area contributed by atoms with Crippen LogP contribution in [0.1, 0.15) is 77.6 Å². The van der Waals surface area contributed by atoms with E-state index in [-0.39, 0.29) is 58.0 Å². The minimum Gasteiger partial charge on any atom is -0.756 e. The largest absolute Gasteiger partial charge is 1.00 e. The van der Waals surface area contributed by atoms with Crippen LogP contribution in [0, 0.1) is 0 Å². The van der Waals surface area contributed by atoms with Crippen LogP contribution >= 0.6 is 7.82 Å². The van der Waals surface area contributed by atoms with Crippen molar-refractivity contribution in [2.75, 3.05) is 6.61 Å². The summed E-state index contributed by atoms with van der Waals surface area (Å²) in [5.41, 5.74) is 0. The van der Waals surface area contributed by atoms with Crippen molar-refractivity contribution in [3.05, 3.63) is 0 Å². The second kappa shape index (κ2) is 16.1. The van der Waals surface area contributed by atoms with E-state index in [9.17, 15) is 9.46 Å². The zero-order chi connectivity index (χ0) is 13.7. The Balaban J connectivity index is 0. The van der Waals surface area contributed by atoms with Crippen molar-refractivity contribution in [1.29, 1.82) is 0 Å². The van der Waals surface area contributed by atoms with Crippen molar-refractivity contribution in [1.82, 2.24) is 0 Å². The summed E-state index contributed by atoms with van der Waals surface area (Å²) in [7, 11) is -4.50. The van der Waals surface area contributed by atoms with Gasteiger partial charge in [0.2, 0.25) is 0 Å². The van der Waals surface area contributed by atoms with Gasteiger partial charge in [-0.25, -0.2) is 0 Å². The van der Waals surface area contributed by atoms with Gasteiger partial charge in [-0.05, 0) is 6.42 Å². The minimum atomic E-state index is -4.50. The maximum absolute atomic E-state index is 10.3. The molecular weight excluding hydrogens is 290 g/mol. The third-order valence-electron chi connectivity index (χ3n) is 3.00. The molecule has 19 heavy (non-hydrogen) atoms. The molecule has 0 saturated heterocycles. The summed E-state index contributed by atoms with van der Waals surface area (Å²) in [6.45, 7) is 2.33. The van der Waals surface area contributed by atoms with Crippen LogP contribution in [0.3, 0.4) is 0 Å². The van der Waals surface area contributed by atoms with Gasteiger partial charge < -0.3 is 14.3 Å². The summed E-state index contributed by atoms with van der Waals surface area (Å²) < 4.78 is 14.5. The van der Waals surface area contributed by atoms with Crippen molar-refractivity contribution < 1.29 is 70.3 Å². The Kier molecular flexibility index (Phi) is 19.5. The first-order chi connectivity index (χ1) is 8.56. The summed E-state index contributed by atoms with van der Waals surface area (Å²) in [6.07, 6.45) is 13.3. The third-order valence-corrected chi connectivity index (χ3v) is 3.51. The Hall–Kier alpha value is 1.75. The van der Waals surface area contributed by atoms with E-state index >= 15 is 0 Å². The van der Waals surface area contributed by atoms with E-state index in [1.807, 2.05) is 0 Å². The Labute approximate surface area is 160 Å². The van der Waals surface area contributed by atoms with E-state index in [1.165, 1.54) is 51.4 Å².